The Morgan fingerprint density at radius 3 is 2.36 bits per heavy atom. The number of aliphatic carboxylic acids is 1. The van der Waals surface area contributed by atoms with Crippen LogP contribution in [0.3, 0.4) is 0 Å². The molecule has 2 aliphatic carbocycles. The molecule has 6 rings (SSSR count). The van der Waals surface area contributed by atoms with Gasteiger partial charge in [0.1, 0.15) is 12.1 Å². The molecule has 1 amide bonds. The van der Waals surface area contributed by atoms with Crippen molar-refractivity contribution in [2.45, 2.75) is 71.8 Å². The number of rotatable bonds is 9. The average Bonchev–Trinajstić information content (AvgIpc) is 3.44. The number of hydrogen-bond acceptors (Lipinski definition) is 6. The molecule has 2 aliphatic rings. The number of hydrogen-bond donors (Lipinski definition) is 1. The zero-order chi connectivity index (χ0) is 30.6. The van der Waals surface area contributed by atoms with Gasteiger partial charge < -0.3 is 14.4 Å². The fourth-order valence-corrected chi connectivity index (χ4v) is 6.96. The Bertz CT molecular complexity index is 1650. The van der Waals surface area contributed by atoms with Crippen LogP contribution in [0.1, 0.15) is 85.7 Å². The predicted molar refractivity (Wildman–Crippen MR) is 170 cm³/mol. The maximum absolute atomic E-state index is 13.3. The summed E-state index contributed by atoms with van der Waals surface area (Å²) in [6, 6.07) is 12.5. The summed E-state index contributed by atoms with van der Waals surface area (Å²) < 4.78 is 5.50. The van der Waals surface area contributed by atoms with Crippen molar-refractivity contribution < 1.29 is 19.1 Å². The van der Waals surface area contributed by atoms with Crippen molar-refractivity contribution in [3.05, 3.63) is 83.5 Å². The quantitative estimate of drug-likeness (QED) is 0.212. The van der Waals surface area contributed by atoms with Crippen LogP contribution in [-0.2, 0) is 11.3 Å². The van der Waals surface area contributed by atoms with Gasteiger partial charge in [0.05, 0.1) is 0 Å². The number of carboxylic acid groups (broad SMARTS) is 1. The summed E-state index contributed by atoms with van der Waals surface area (Å²) in [6.45, 7) is 3.80. The smallest absolute Gasteiger partial charge is 0.323 e. The van der Waals surface area contributed by atoms with Crippen LogP contribution >= 0.6 is 0 Å². The van der Waals surface area contributed by atoms with Crippen LogP contribution in [0.5, 0.6) is 0 Å². The molecular formula is C36H40N4O4. The highest BCUT2D eigenvalue weighted by atomic mass is 16.4. The first kappa shape index (κ1) is 29.7. The number of nitrogens with zero attached hydrogens (tertiary/aromatic N) is 4. The van der Waals surface area contributed by atoms with Gasteiger partial charge in [-0.05, 0) is 79.2 Å². The molecule has 0 aliphatic heterocycles. The number of fused-ring (bicyclic) bond motifs is 1. The summed E-state index contributed by atoms with van der Waals surface area (Å²) in [7, 11) is 0. The Kier molecular flexibility index (Phi) is 8.87. The number of aryl methyl sites for hydroxylation is 1. The molecule has 44 heavy (non-hydrogen) atoms. The van der Waals surface area contributed by atoms with E-state index in [-0.39, 0.29) is 12.5 Å². The Labute approximate surface area is 258 Å². The van der Waals surface area contributed by atoms with Crippen molar-refractivity contribution in [2.24, 2.45) is 17.8 Å². The Morgan fingerprint density at radius 1 is 0.955 bits per heavy atom. The van der Waals surface area contributed by atoms with Crippen LogP contribution in [0.15, 0.2) is 65.4 Å². The van der Waals surface area contributed by atoms with Gasteiger partial charge in [-0.25, -0.2) is 15.0 Å². The summed E-state index contributed by atoms with van der Waals surface area (Å²) in [6.07, 6.45) is 16.7. The highest BCUT2D eigenvalue weighted by Gasteiger charge is 2.28. The fourth-order valence-electron chi connectivity index (χ4n) is 6.96. The first-order valence-corrected chi connectivity index (χ1v) is 15.8. The van der Waals surface area contributed by atoms with Crippen LogP contribution < -0.4 is 0 Å². The second kappa shape index (κ2) is 13.1. The van der Waals surface area contributed by atoms with Gasteiger partial charge in [0.15, 0.2) is 17.3 Å². The summed E-state index contributed by atoms with van der Waals surface area (Å²) in [4.78, 5) is 39.8. The zero-order valence-corrected chi connectivity index (χ0v) is 25.5. The zero-order valence-electron chi connectivity index (χ0n) is 25.5. The van der Waals surface area contributed by atoms with Gasteiger partial charge in [0, 0.05) is 42.6 Å². The number of carbonyl (C=O) groups excluding carboxylic acids is 1. The maximum atomic E-state index is 13.3. The van der Waals surface area contributed by atoms with E-state index in [1.807, 2.05) is 36.7 Å². The van der Waals surface area contributed by atoms with Crippen LogP contribution in [0.25, 0.3) is 28.1 Å². The number of carboxylic acids is 1. The minimum absolute atomic E-state index is 0.149. The van der Waals surface area contributed by atoms with Crippen molar-refractivity contribution in [3.63, 3.8) is 0 Å². The summed E-state index contributed by atoms with van der Waals surface area (Å²) >= 11 is 0. The summed E-state index contributed by atoms with van der Waals surface area (Å²) in [5.74, 6) is 2.33. The number of aromatic nitrogens is 3. The standard InChI is InChI=1S/C36H40N4O4/c1-3-24-4-8-26(9-5-24)27-12-14-28(15-13-27)31-19-37-35(38-20-31)29-10-6-25(7-11-29)21-40(22-34(41)42)36(43)30-16-17-33-32(18-30)39-23(2)44-33/h6-7,10-11,14,16-20,24,26-27H,3-5,8-9,12-13,15,21-22H2,1-2H3,(H,41,42). The number of benzene rings is 2. The topological polar surface area (TPSA) is 109 Å². The Morgan fingerprint density at radius 2 is 1.70 bits per heavy atom. The van der Waals surface area contributed by atoms with E-state index in [1.54, 1.807) is 25.1 Å². The van der Waals surface area contributed by atoms with Gasteiger partial charge in [0.25, 0.3) is 5.91 Å². The van der Waals surface area contributed by atoms with E-state index in [4.69, 9.17) is 4.42 Å². The van der Waals surface area contributed by atoms with Gasteiger partial charge in [-0.3, -0.25) is 9.59 Å². The normalized spacial score (nSPS) is 20.3. The molecule has 8 heteroatoms. The third-order valence-corrected chi connectivity index (χ3v) is 9.55. The fraction of sp³-hybridized carbons (Fsp3) is 0.417. The lowest BCUT2D eigenvalue weighted by molar-refractivity contribution is -0.137. The van der Waals surface area contributed by atoms with E-state index in [9.17, 15) is 14.7 Å². The summed E-state index contributed by atoms with van der Waals surface area (Å²) in [5, 5.41) is 9.49. The third-order valence-electron chi connectivity index (χ3n) is 9.55. The molecule has 8 nitrogen and oxygen atoms in total. The minimum atomic E-state index is -1.08. The van der Waals surface area contributed by atoms with Crippen molar-refractivity contribution >= 4 is 28.5 Å². The van der Waals surface area contributed by atoms with E-state index in [1.165, 1.54) is 49.0 Å². The van der Waals surface area contributed by atoms with Gasteiger partial charge in [0.2, 0.25) is 0 Å². The van der Waals surface area contributed by atoms with Crippen LogP contribution in [0.4, 0.5) is 0 Å². The van der Waals surface area contributed by atoms with E-state index in [0.717, 1.165) is 47.3 Å². The number of oxazole rings is 1. The largest absolute Gasteiger partial charge is 0.480 e. The van der Waals surface area contributed by atoms with Crippen molar-refractivity contribution in [3.8, 4) is 11.4 Å². The molecule has 0 radical (unpaired) electrons. The lowest BCUT2D eigenvalue weighted by Gasteiger charge is -2.35. The monoisotopic (exact) mass is 592 g/mol. The molecule has 4 aromatic rings. The molecule has 1 atom stereocenters. The second-order valence-corrected chi connectivity index (χ2v) is 12.4. The van der Waals surface area contributed by atoms with Crippen LogP contribution in [0.2, 0.25) is 0 Å². The Balaban J connectivity index is 1.09. The molecular weight excluding hydrogens is 552 g/mol. The van der Waals surface area contributed by atoms with Crippen molar-refractivity contribution in [2.75, 3.05) is 6.54 Å². The van der Waals surface area contributed by atoms with E-state index < -0.39 is 12.5 Å². The molecule has 1 unspecified atom stereocenters. The first-order chi connectivity index (χ1) is 21.4. The summed E-state index contributed by atoms with van der Waals surface area (Å²) in [5.41, 5.74) is 5.63. The lowest BCUT2D eigenvalue weighted by Crippen LogP contribution is -2.35. The van der Waals surface area contributed by atoms with E-state index in [2.05, 4.69) is 28.0 Å². The van der Waals surface area contributed by atoms with Crippen molar-refractivity contribution in [1.29, 1.82) is 0 Å². The minimum Gasteiger partial charge on any atom is -0.480 e. The molecule has 228 valence electrons. The van der Waals surface area contributed by atoms with Gasteiger partial charge >= 0.3 is 5.97 Å². The van der Waals surface area contributed by atoms with Gasteiger partial charge in [-0.1, -0.05) is 56.5 Å². The van der Waals surface area contributed by atoms with Crippen LogP contribution in [0, 0.1) is 24.7 Å². The molecule has 1 N–H and O–H groups in total. The number of amides is 1. The molecule has 0 spiro atoms. The van der Waals surface area contributed by atoms with E-state index in [0.29, 0.717) is 28.4 Å². The molecule has 2 heterocycles. The molecule has 1 saturated carbocycles. The maximum Gasteiger partial charge on any atom is 0.323 e. The van der Waals surface area contributed by atoms with Gasteiger partial charge in [-0.15, -0.1) is 0 Å². The van der Waals surface area contributed by atoms with Crippen molar-refractivity contribution in [1.82, 2.24) is 19.9 Å². The first-order valence-electron chi connectivity index (χ1n) is 15.8. The molecule has 0 saturated heterocycles. The highest BCUT2D eigenvalue weighted by Crippen LogP contribution is 2.41. The third kappa shape index (κ3) is 6.74. The van der Waals surface area contributed by atoms with E-state index >= 15 is 0 Å². The molecule has 2 aromatic heterocycles. The SMILES string of the molecule is CCC1CCC(C2CC=C(c3cnc(-c4ccc(CN(CC(=O)O)C(=O)c5ccc6oc(C)nc6c5)cc4)nc3)CC2)CC1. The van der Waals surface area contributed by atoms with Gasteiger partial charge in [-0.2, -0.15) is 0 Å². The lowest BCUT2D eigenvalue weighted by atomic mass is 9.71. The second-order valence-electron chi connectivity index (χ2n) is 12.4. The number of carbonyl (C=O) groups is 2. The molecule has 1 fully saturated rings. The highest BCUT2D eigenvalue weighted by molar-refractivity contribution is 5.98. The molecule has 2 aromatic carbocycles. The predicted octanol–water partition coefficient (Wildman–Crippen LogP) is 7.72. The van der Waals surface area contributed by atoms with Crippen LogP contribution in [-0.4, -0.2) is 43.4 Å². The average molecular weight is 593 g/mol. The number of allylic oxidation sites excluding steroid dienone is 2. The molecule has 0 bridgehead atoms. The Hall–Kier alpha value is -4.33.